The van der Waals surface area contributed by atoms with Crippen molar-refractivity contribution < 1.29 is 15.1 Å². The van der Waals surface area contributed by atoms with Gasteiger partial charge in [0.1, 0.15) is 0 Å². The van der Waals surface area contributed by atoms with E-state index in [1.807, 2.05) is 0 Å². The molecule has 0 aromatic rings. The Hall–Kier alpha value is -0.150. The van der Waals surface area contributed by atoms with Gasteiger partial charge in [-0.2, -0.15) is 0 Å². The van der Waals surface area contributed by atoms with E-state index in [-0.39, 0.29) is 6.13 Å². The maximum Gasteiger partial charge on any atom is 0.0786 e. The zero-order valence-corrected chi connectivity index (χ0v) is 26.2. The summed E-state index contributed by atoms with van der Waals surface area (Å²) in [6.07, 6.45) is 22.1. The van der Waals surface area contributed by atoms with Gasteiger partial charge < -0.3 is 15.1 Å². The first-order valence-electron chi connectivity index (χ1n) is 16.2. The monoisotopic (exact) mass is 505 g/mol. The molecule has 0 bridgehead atoms. The first-order valence-corrected chi connectivity index (χ1v) is 16.2. The van der Waals surface area contributed by atoms with Crippen LogP contribution in [0.25, 0.3) is 0 Å². The first kappa shape index (κ1) is 39.4. The molecular formula is C32H73FN2. The quantitative estimate of drug-likeness (QED) is 0.123. The molecule has 0 aromatic heterocycles. The first-order chi connectivity index (χ1) is 16.5. The Bertz CT molecular complexity index is 281. The van der Waals surface area contributed by atoms with Crippen molar-refractivity contribution in [1.82, 2.24) is 0 Å². The predicted molar refractivity (Wildman–Crippen MR) is 160 cm³/mol. The van der Waals surface area contributed by atoms with Crippen molar-refractivity contribution in [2.45, 2.75) is 158 Å². The van der Waals surface area contributed by atoms with E-state index in [1.165, 1.54) is 164 Å². The summed E-state index contributed by atoms with van der Waals surface area (Å²) < 4.78 is 2.84. The third-order valence-electron chi connectivity index (χ3n) is 7.89. The van der Waals surface area contributed by atoms with Crippen molar-refractivity contribution in [2.24, 2.45) is 0 Å². The molecule has 0 rings (SSSR count). The molecule has 0 fully saturated rings. The number of nitrogens with zero attached hydrogens (tertiary/aromatic N) is 2. The molecule has 0 unspecified atom stereocenters. The van der Waals surface area contributed by atoms with Crippen LogP contribution in [0.2, 0.25) is 0 Å². The summed E-state index contributed by atoms with van der Waals surface area (Å²) in [5.41, 5.74) is 0. The average Bonchev–Trinajstić information content (AvgIpc) is 2.87. The Balaban J connectivity index is -0.000000269. The average molecular weight is 505 g/mol. The van der Waals surface area contributed by atoms with Crippen LogP contribution >= 0.6 is 0 Å². The van der Waals surface area contributed by atoms with Crippen molar-refractivity contribution in [1.29, 1.82) is 0 Å². The Morgan fingerprint density at radius 2 is 0.400 bits per heavy atom. The molecule has 0 atom stereocenters. The maximum absolute atomic E-state index is 2.33. The summed E-state index contributed by atoms with van der Waals surface area (Å²) >= 11 is 0. The van der Waals surface area contributed by atoms with Crippen LogP contribution in [0, 0.1) is 0 Å². The third-order valence-corrected chi connectivity index (χ3v) is 7.89. The lowest BCUT2D eigenvalue weighted by Gasteiger charge is -2.39. The molecule has 2 nitrogen and oxygen atoms in total. The summed E-state index contributed by atoms with van der Waals surface area (Å²) in [7, 11) is 0. The summed E-state index contributed by atoms with van der Waals surface area (Å²) in [6.45, 7) is 30.0. The fourth-order valence-corrected chi connectivity index (χ4v) is 5.29. The minimum absolute atomic E-state index is 0. The van der Waals surface area contributed by atoms with Gasteiger partial charge in [-0.1, -0.05) is 107 Å². The Kier molecular flexibility index (Phi) is 32.0. The van der Waals surface area contributed by atoms with Crippen LogP contribution in [0.5, 0.6) is 0 Å². The molecule has 0 saturated carbocycles. The fourth-order valence-electron chi connectivity index (χ4n) is 5.29. The molecule has 0 radical (unpaired) electrons. The highest BCUT2D eigenvalue weighted by Gasteiger charge is 2.25. The van der Waals surface area contributed by atoms with E-state index in [0.717, 1.165) is 0 Å². The van der Waals surface area contributed by atoms with Crippen molar-refractivity contribution in [3.05, 3.63) is 0 Å². The normalized spacial score (nSPS) is 11.7. The van der Waals surface area contributed by atoms with E-state index in [9.17, 15) is 0 Å². The van der Waals surface area contributed by atoms with Gasteiger partial charge in [-0.05, 0) is 51.4 Å². The van der Waals surface area contributed by atoms with Crippen molar-refractivity contribution >= 4 is 0 Å². The molecular weight excluding hydrogens is 431 g/mol. The molecule has 218 valence electrons. The summed E-state index contributed by atoms with van der Waals surface area (Å²) in [6, 6.07) is 0. The minimum Gasteiger partial charge on any atom is -1.00 e. The molecule has 0 aliphatic heterocycles. The topological polar surface area (TPSA) is 0 Å². The number of hydrogen-bond acceptors (Lipinski definition) is 0. The second-order valence-electron chi connectivity index (χ2n) is 11.3. The van der Waals surface area contributed by atoms with Gasteiger partial charge >= 0.3 is 0 Å². The number of hydrogen-bond donors (Lipinski definition) is 0. The summed E-state index contributed by atoms with van der Waals surface area (Å²) in [5, 5.41) is 0. The van der Waals surface area contributed by atoms with E-state index in [0.29, 0.717) is 0 Å². The van der Waals surface area contributed by atoms with Crippen LogP contribution < -0.4 is 4.70 Å². The van der Waals surface area contributed by atoms with Crippen molar-refractivity contribution in [2.75, 3.05) is 52.4 Å². The summed E-state index contributed by atoms with van der Waals surface area (Å²) in [4.78, 5) is 0. The molecule has 3 heteroatoms. The molecule has 0 aromatic carbocycles. The van der Waals surface area contributed by atoms with Crippen LogP contribution in [0.1, 0.15) is 160 Å². The molecule has 0 aliphatic carbocycles. The number of rotatable bonds is 24. The lowest BCUT2D eigenvalue weighted by molar-refractivity contribution is -0.929. The minimum atomic E-state index is 0. The Morgan fingerprint density at radius 3 is 0.486 bits per heavy atom. The second-order valence-corrected chi connectivity index (χ2v) is 11.3. The maximum atomic E-state index is 2.33. The zero-order chi connectivity index (χ0) is 26.0. The molecule has 0 amide bonds. The highest BCUT2D eigenvalue weighted by molar-refractivity contribution is 4.50. The van der Waals surface area contributed by atoms with E-state index < -0.39 is 0 Å². The van der Waals surface area contributed by atoms with E-state index in [4.69, 9.17) is 0 Å². The van der Waals surface area contributed by atoms with Crippen LogP contribution in [0.15, 0.2) is 0 Å². The fraction of sp³-hybridized carbons (Fsp3) is 1.00. The highest BCUT2D eigenvalue weighted by atomic mass is 19.0. The SMILES string of the molecule is CCCC[N+](CCCC)(CCCC)CCCC.CCCC[N+](CCCC)(CCCC)CCCC.[F-].[H-]. The van der Waals surface area contributed by atoms with Crippen LogP contribution in [-0.4, -0.2) is 61.3 Å². The van der Waals surface area contributed by atoms with E-state index >= 15 is 0 Å². The van der Waals surface area contributed by atoms with Gasteiger partial charge in [-0.15, -0.1) is 0 Å². The van der Waals surface area contributed by atoms with Gasteiger partial charge in [-0.25, -0.2) is 0 Å². The van der Waals surface area contributed by atoms with Crippen molar-refractivity contribution in [3.8, 4) is 0 Å². The molecule has 0 N–H and O–H groups in total. The number of unbranched alkanes of at least 4 members (excludes halogenated alkanes) is 8. The Labute approximate surface area is 225 Å². The van der Waals surface area contributed by atoms with Gasteiger partial charge in [-0.3, -0.25) is 0 Å². The molecule has 0 aliphatic rings. The molecule has 0 spiro atoms. The molecule has 0 saturated heterocycles. The lowest BCUT2D eigenvalue weighted by Crippen LogP contribution is -3.00. The molecule has 0 heterocycles. The smallest absolute Gasteiger partial charge is 0.0786 e. The van der Waals surface area contributed by atoms with E-state index in [2.05, 4.69) is 55.4 Å². The van der Waals surface area contributed by atoms with Gasteiger partial charge in [0, 0.05) is 0 Å². The standard InChI is InChI=1S/2C16H36N.FH.H/c2*1-5-9-13-17(14-10-6-2,15-11-7-3)16-12-8-4;;/h2*5-16H2,1-4H3;1H;/q2*+1;;-1/p-1. The Morgan fingerprint density at radius 1 is 0.286 bits per heavy atom. The van der Waals surface area contributed by atoms with E-state index in [1.54, 1.807) is 0 Å². The molecule has 35 heavy (non-hydrogen) atoms. The third kappa shape index (κ3) is 21.6. The van der Waals surface area contributed by atoms with Crippen molar-refractivity contribution in [3.63, 3.8) is 0 Å². The largest absolute Gasteiger partial charge is 1.00 e. The lowest BCUT2D eigenvalue weighted by atomic mass is 10.1. The van der Waals surface area contributed by atoms with Crippen LogP contribution in [-0.2, 0) is 0 Å². The van der Waals surface area contributed by atoms with Crippen LogP contribution in [0.4, 0.5) is 0 Å². The zero-order valence-electron chi connectivity index (χ0n) is 27.2. The predicted octanol–water partition coefficient (Wildman–Crippen LogP) is 7.12. The van der Waals surface area contributed by atoms with Gasteiger partial charge in [0.25, 0.3) is 0 Å². The highest BCUT2D eigenvalue weighted by Crippen LogP contribution is 2.17. The second kappa shape index (κ2) is 28.4. The van der Waals surface area contributed by atoms with Gasteiger partial charge in [0.05, 0.1) is 52.4 Å². The number of quaternary nitrogens is 2. The van der Waals surface area contributed by atoms with Gasteiger partial charge in [0.15, 0.2) is 0 Å². The number of halogens is 1. The summed E-state index contributed by atoms with van der Waals surface area (Å²) in [5.74, 6) is 0. The van der Waals surface area contributed by atoms with Gasteiger partial charge in [0.2, 0.25) is 0 Å². The van der Waals surface area contributed by atoms with Crippen LogP contribution in [0.3, 0.4) is 0 Å².